The minimum atomic E-state index is -4.62. The minimum Gasteiger partial charge on any atom is -0.810 e. The summed E-state index contributed by atoms with van der Waals surface area (Å²) in [5.41, 5.74) is 0. The Morgan fingerprint density at radius 1 is 0.696 bits per heavy atom. The van der Waals surface area contributed by atoms with Crippen LogP contribution < -0.4 is 40.4 Å². The van der Waals surface area contributed by atoms with Crippen LogP contribution in [0, 0.1) is 0 Å². The maximum Gasteiger partial charge on any atom is 2.00 e. The standard InChI is InChI=1S/2C3H8NO5P.3Cu/c2*5-3(6)1-4-2-10(7,8)9;;;/h2*4H,1-2H2,(H,5,6)(H2,7,8,9);;;/q;;3*+2/p-6. The van der Waals surface area contributed by atoms with Crippen LogP contribution in [-0.4, -0.2) is 37.6 Å². The fourth-order valence-corrected chi connectivity index (χ4v) is 1.36. The predicted octanol–water partition coefficient (Wildman–Crippen LogP) is -7.61. The summed E-state index contributed by atoms with van der Waals surface area (Å²) in [6.07, 6.45) is -1.72. The van der Waals surface area contributed by atoms with Crippen LogP contribution in [0.2, 0.25) is 0 Å². The maximum absolute atomic E-state index is 9.81. The Morgan fingerprint density at radius 3 is 1.04 bits per heavy atom. The number of carbonyl (C=O) groups is 2. The van der Waals surface area contributed by atoms with E-state index in [-0.39, 0.29) is 51.2 Å². The first-order valence-corrected chi connectivity index (χ1v) is 8.12. The van der Waals surface area contributed by atoms with Gasteiger partial charge in [-0.15, -0.1) is 0 Å². The first-order chi connectivity index (χ1) is 8.83. The van der Waals surface area contributed by atoms with Crippen LogP contribution >= 0.6 is 15.2 Å². The van der Waals surface area contributed by atoms with Gasteiger partial charge >= 0.3 is 51.2 Å². The van der Waals surface area contributed by atoms with Gasteiger partial charge < -0.3 is 59.1 Å². The van der Waals surface area contributed by atoms with Crippen molar-refractivity contribution in [2.75, 3.05) is 25.7 Å². The zero-order valence-corrected chi connectivity index (χ0v) is 15.3. The van der Waals surface area contributed by atoms with Crippen molar-refractivity contribution in [1.82, 2.24) is 10.6 Å². The summed E-state index contributed by atoms with van der Waals surface area (Å²) in [6.45, 7) is -1.26. The summed E-state index contributed by atoms with van der Waals surface area (Å²) in [5, 5.41) is 23.0. The van der Waals surface area contributed by atoms with Crippen LogP contribution in [0.1, 0.15) is 0 Å². The molecule has 0 bridgehead atoms. The van der Waals surface area contributed by atoms with Crippen molar-refractivity contribution >= 4 is 27.1 Å². The Morgan fingerprint density at radius 2 is 0.913 bits per heavy atom. The molecule has 23 heavy (non-hydrogen) atoms. The second kappa shape index (κ2) is 17.5. The van der Waals surface area contributed by atoms with Crippen LogP contribution in [0.5, 0.6) is 0 Å². The zero-order valence-electron chi connectivity index (χ0n) is 10.7. The van der Waals surface area contributed by atoms with Gasteiger partial charge in [0.05, 0.1) is 11.9 Å². The van der Waals surface area contributed by atoms with Crippen LogP contribution in [0.25, 0.3) is 0 Å². The molecule has 12 nitrogen and oxygen atoms in total. The Labute approximate surface area is 162 Å². The molecule has 0 aliphatic heterocycles. The average molecular weight is 523 g/mol. The van der Waals surface area contributed by atoms with Gasteiger partial charge in [-0.05, 0) is 0 Å². The number of rotatable bonds is 8. The third-order valence-electron chi connectivity index (χ3n) is 1.15. The first kappa shape index (κ1) is 34.9. The molecule has 0 heterocycles. The average Bonchev–Trinajstić information content (AvgIpc) is 2.12. The van der Waals surface area contributed by atoms with Gasteiger partial charge in [0.2, 0.25) is 0 Å². The molecule has 0 saturated heterocycles. The molecular weight excluding hydrogens is 513 g/mol. The second-order valence-electron chi connectivity index (χ2n) is 3.14. The second-order valence-corrected chi connectivity index (χ2v) is 6.21. The number of hydrogen-bond acceptors (Lipinski definition) is 12. The molecule has 0 aliphatic rings. The topological polar surface area (TPSA) is 231 Å². The van der Waals surface area contributed by atoms with Crippen molar-refractivity contribution < 1.29 is 99.7 Å². The summed E-state index contributed by atoms with van der Waals surface area (Å²) in [4.78, 5) is 58.5. The molecule has 0 unspecified atom stereocenters. The summed E-state index contributed by atoms with van der Waals surface area (Å²) in [5.74, 6) is -2.90. The Balaban J connectivity index is -0.0000000831. The summed E-state index contributed by atoms with van der Waals surface area (Å²) < 4.78 is 19.6. The smallest absolute Gasteiger partial charge is 0.810 e. The fraction of sp³-hybridized carbons (Fsp3) is 0.667. The van der Waals surface area contributed by atoms with Gasteiger partial charge in [0.25, 0.3) is 0 Å². The Hall–Kier alpha value is 0.718. The van der Waals surface area contributed by atoms with Gasteiger partial charge in [0.1, 0.15) is 0 Å². The molecule has 3 radical (unpaired) electrons. The van der Waals surface area contributed by atoms with Gasteiger partial charge in [-0.2, -0.15) is 0 Å². The molecule has 0 fully saturated rings. The Bertz CT molecular complexity index is 375. The molecule has 0 aromatic heterocycles. The summed E-state index contributed by atoms with van der Waals surface area (Å²) in [7, 11) is -9.25. The molecule has 0 aromatic carbocycles. The molecule has 0 aromatic rings. The largest absolute Gasteiger partial charge is 2.00 e. The van der Waals surface area contributed by atoms with Gasteiger partial charge in [-0.1, -0.05) is 15.2 Å². The number of aliphatic carboxylic acids is 2. The van der Waals surface area contributed by atoms with E-state index < -0.39 is 52.8 Å². The zero-order chi connectivity index (χ0) is 16.4. The van der Waals surface area contributed by atoms with Crippen molar-refractivity contribution in [3.63, 3.8) is 0 Å². The third kappa shape index (κ3) is 45.0. The van der Waals surface area contributed by atoms with E-state index >= 15 is 0 Å². The summed E-state index contributed by atoms with van der Waals surface area (Å²) in [6, 6.07) is 0. The molecule has 147 valence electrons. The SMILES string of the molecule is O=C([O-])CNCP(=O)([O-])[O-].O=C([O-])CNCP(=O)([O-])[O-].[Cu+2].[Cu+2].[Cu+2]. The van der Waals surface area contributed by atoms with Gasteiger partial charge in [0, 0.05) is 25.7 Å². The Kier molecular flexibility index (Phi) is 26.6. The predicted molar refractivity (Wildman–Crippen MR) is 51.0 cm³/mol. The molecule has 0 amide bonds. The molecule has 0 rings (SSSR count). The van der Waals surface area contributed by atoms with E-state index in [2.05, 4.69) is 0 Å². The van der Waals surface area contributed by atoms with E-state index in [0.717, 1.165) is 0 Å². The van der Waals surface area contributed by atoms with E-state index in [1.807, 2.05) is 10.6 Å². The van der Waals surface area contributed by atoms with Crippen molar-refractivity contribution in [3.05, 3.63) is 0 Å². The molecular formula is C6H10Cu3N2O10P2. The van der Waals surface area contributed by atoms with Crippen LogP contribution in [0.4, 0.5) is 0 Å². The third-order valence-corrected chi connectivity index (χ3v) is 2.37. The van der Waals surface area contributed by atoms with Crippen LogP contribution in [0.15, 0.2) is 0 Å². The summed E-state index contributed by atoms with van der Waals surface area (Å²) >= 11 is 0. The van der Waals surface area contributed by atoms with Crippen molar-refractivity contribution in [1.29, 1.82) is 0 Å². The number of nitrogens with one attached hydrogen (secondary N) is 2. The molecule has 0 atom stereocenters. The monoisotopic (exact) mass is 521 g/mol. The van der Waals surface area contributed by atoms with E-state index in [9.17, 15) is 48.5 Å². The molecule has 0 aliphatic carbocycles. The van der Waals surface area contributed by atoms with E-state index in [4.69, 9.17) is 0 Å². The van der Waals surface area contributed by atoms with Gasteiger partial charge in [0.15, 0.2) is 0 Å². The number of carboxylic acids is 2. The normalized spacial score (nSPS) is 9.91. The molecule has 0 saturated carbocycles. The van der Waals surface area contributed by atoms with Gasteiger partial charge in [-0.3, -0.25) is 0 Å². The van der Waals surface area contributed by atoms with Crippen molar-refractivity contribution in [2.24, 2.45) is 0 Å². The van der Waals surface area contributed by atoms with Crippen molar-refractivity contribution in [2.45, 2.75) is 0 Å². The number of carboxylic acid groups (broad SMARTS) is 2. The van der Waals surface area contributed by atoms with Crippen LogP contribution in [-0.2, 0) is 69.9 Å². The fourth-order valence-electron chi connectivity index (χ4n) is 0.590. The molecule has 0 spiro atoms. The van der Waals surface area contributed by atoms with Crippen LogP contribution in [0.3, 0.4) is 0 Å². The number of hydrogen-bond donors (Lipinski definition) is 2. The molecule has 2 N–H and O–H groups in total. The minimum absolute atomic E-state index is 0. The number of carbonyl (C=O) groups excluding carboxylic acids is 2. The van der Waals surface area contributed by atoms with Crippen molar-refractivity contribution in [3.8, 4) is 0 Å². The van der Waals surface area contributed by atoms with E-state index in [1.165, 1.54) is 0 Å². The molecule has 17 heteroatoms. The maximum atomic E-state index is 9.81. The van der Waals surface area contributed by atoms with E-state index in [0.29, 0.717) is 0 Å². The quantitative estimate of drug-likeness (QED) is 0.223. The van der Waals surface area contributed by atoms with Gasteiger partial charge in [-0.25, -0.2) is 0 Å². The first-order valence-electron chi connectivity index (χ1n) is 4.67. The van der Waals surface area contributed by atoms with E-state index in [1.54, 1.807) is 0 Å².